The first-order chi connectivity index (χ1) is 33.3. The summed E-state index contributed by atoms with van der Waals surface area (Å²) in [6.07, 6.45) is -1.94. The Kier molecular flexibility index (Phi) is 22.4. The number of ether oxygens (including phenoxy) is 2. The molecule has 0 saturated carbocycles. The fourth-order valence-corrected chi connectivity index (χ4v) is 6.47. The van der Waals surface area contributed by atoms with Crippen LogP contribution in [-0.4, -0.2) is 90.8 Å². The van der Waals surface area contributed by atoms with Crippen molar-refractivity contribution in [1.29, 1.82) is 0 Å². The van der Waals surface area contributed by atoms with Gasteiger partial charge in [0.05, 0.1) is 44.6 Å². The van der Waals surface area contributed by atoms with Crippen LogP contribution in [0.25, 0.3) is 22.3 Å². The minimum Gasteiger partial charge on any atom is -0.481 e. The molecule has 5 rings (SSSR count). The minimum atomic E-state index is -1.06. The molecule has 0 fully saturated rings. The maximum atomic E-state index is 12.4. The summed E-state index contributed by atoms with van der Waals surface area (Å²) in [5.41, 5.74) is 6.11. The first kappa shape index (κ1) is 53.1. The first-order valence-corrected chi connectivity index (χ1v) is 22.0. The van der Waals surface area contributed by atoms with E-state index >= 15 is 0 Å². The molecule has 8 N–H and O–H groups in total. The predicted molar refractivity (Wildman–Crippen MR) is 255 cm³/mol. The number of hydrogen-bond acceptors (Lipinski definition) is 10. The van der Waals surface area contributed by atoms with Gasteiger partial charge in [0, 0.05) is 25.9 Å². The monoisotopic (exact) mass is 944 g/mol. The fourth-order valence-electron chi connectivity index (χ4n) is 6.47. The predicted octanol–water partition coefficient (Wildman–Crippen LogP) is 5.66. The number of hydrogen-bond donors (Lipinski definition) is 8. The van der Waals surface area contributed by atoms with Gasteiger partial charge < -0.3 is 51.6 Å². The average Bonchev–Trinajstić information content (AvgIpc) is 3.35. The summed E-state index contributed by atoms with van der Waals surface area (Å²) in [6, 6.07) is 41.7. The second-order valence-corrected chi connectivity index (χ2v) is 15.1. The Balaban J connectivity index is 0.000000304. The number of carboxylic acids is 2. The van der Waals surface area contributed by atoms with Gasteiger partial charge in [0.15, 0.2) is 0 Å². The van der Waals surface area contributed by atoms with E-state index in [0.717, 1.165) is 27.8 Å². The Hall–Kier alpha value is -8.54. The Morgan fingerprint density at radius 2 is 0.812 bits per heavy atom. The normalized spacial score (nSPS) is 11.1. The van der Waals surface area contributed by atoms with Crippen LogP contribution < -0.4 is 31.9 Å². The van der Waals surface area contributed by atoms with E-state index in [4.69, 9.17) is 4.74 Å². The van der Waals surface area contributed by atoms with Crippen molar-refractivity contribution in [3.63, 3.8) is 0 Å². The van der Waals surface area contributed by atoms with Gasteiger partial charge >= 0.3 is 24.1 Å². The lowest BCUT2D eigenvalue weighted by molar-refractivity contribution is -0.139. The molecule has 18 nitrogen and oxygen atoms in total. The van der Waals surface area contributed by atoms with Crippen molar-refractivity contribution in [3.05, 3.63) is 156 Å². The highest BCUT2D eigenvalue weighted by molar-refractivity contribution is 5.86. The molecule has 0 bridgehead atoms. The number of aliphatic carboxylic acids is 2. The number of benzene rings is 5. The molecule has 2 unspecified atom stereocenters. The Morgan fingerprint density at radius 1 is 0.449 bits per heavy atom. The molecular weight excluding hydrogens is 889 g/mol. The summed E-state index contributed by atoms with van der Waals surface area (Å²) >= 11 is 0. The summed E-state index contributed by atoms with van der Waals surface area (Å²) in [5, 5.41) is 33.6. The molecule has 2 atom stereocenters. The number of nitrogens with one attached hydrogen (secondary N) is 6. The van der Waals surface area contributed by atoms with E-state index in [-0.39, 0.29) is 65.1 Å². The molecule has 6 amide bonds. The third kappa shape index (κ3) is 20.7. The zero-order chi connectivity index (χ0) is 49.8. The van der Waals surface area contributed by atoms with Gasteiger partial charge in [-0.1, -0.05) is 140 Å². The van der Waals surface area contributed by atoms with Crippen molar-refractivity contribution >= 4 is 47.8 Å². The zero-order valence-corrected chi connectivity index (χ0v) is 38.0. The number of amides is 6. The summed E-state index contributed by atoms with van der Waals surface area (Å²) in [4.78, 5) is 94.0. The number of carboxylic acid groups (broad SMARTS) is 2. The van der Waals surface area contributed by atoms with Gasteiger partial charge in [0.25, 0.3) is 0 Å². The van der Waals surface area contributed by atoms with Gasteiger partial charge in [-0.2, -0.15) is 0 Å². The lowest BCUT2D eigenvalue weighted by Gasteiger charge is -2.18. The summed E-state index contributed by atoms with van der Waals surface area (Å²) in [5.74, 6) is -4.04. The molecular formula is C51H56N6O12. The molecule has 5 aromatic carbocycles. The molecule has 0 aliphatic rings. The van der Waals surface area contributed by atoms with Crippen LogP contribution in [0.5, 0.6) is 0 Å². The van der Waals surface area contributed by atoms with Crippen LogP contribution in [0, 0.1) is 0 Å². The maximum Gasteiger partial charge on any atom is 0.407 e. The van der Waals surface area contributed by atoms with Crippen molar-refractivity contribution in [3.8, 4) is 22.3 Å². The fraction of sp³-hybridized carbons (Fsp3) is 0.255. The number of carbonyl (C=O) groups excluding carboxylic acids is 6. The molecule has 0 aliphatic carbocycles. The van der Waals surface area contributed by atoms with Gasteiger partial charge in [-0.3, -0.25) is 28.8 Å². The lowest BCUT2D eigenvalue weighted by atomic mass is 9.99. The van der Waals surface area contributed by atoms with E-state index in [1.165, 1.54) is 0 Å². The molecule has 0 spiro atoms. The van der Waals surface area contributed by atoms with Crippen LogP contribution in [0.1, 0.15) is 61.4 Å². The van der Waals surface area contributed by atoms with Crippen LogP contribution in [0.4, 0.5) is 9.59 Å². The van der Waals surface area contributed by atoms with Gasteiger partial charge in [-0.25, -0.2) is 9.59 Å². The van der Waals surface area contributed by atoms with E-state index in [0.29, 0.717) is 11.1 Å². The van der Waals surface area contributed by atoms with Crippen LogP contribution in [0.2, 0.25) is 0 Å². The topological polar surface area (TPSA) is 268 Å². The van der Waals surface area contributed by atoms with Crippen molar-refractivity contribution in [2.75, 3.05) is 32.8 Å². The third-order valence-corrected chi connectivity index (χ3v) is 9.89. The molecule has 0 radical (unpaired) electrons. The lowest BCUT2D eigenvalue weighted by Crippen LogP contribution is -2.40. The number of carbonyl (C=O) groups is 8. The molecule has 0 aromatic heterocycles. The highest BCUT2D eigenvalue weighted by atomic mass is 16.6. The van der Waals surface area contributed by atoms with Gasteiger partial charge in [0.2, 0.25) is 23.6 Å². The van der Waals surface area contributed by atoms with Crippen molar-refractivity contribution in [2.24, 2.45) is 0 Å². The molecule has 18 heteroatoms. The van der Waals surface area contributed by atoms with E-state index in [9.17, 15) is 48.6 Å². The minimum absolute atomic E-state index is 0.0222. The summed E-state index contributed by atoms with van der Waals surface area (Å²) in [6.45, 7) is 1.49. The van der Waals surface area contributed by atoms with Crippen LogP contribution >= 0.6 is 0 Å². The number of rotatable bonds is 23. The van der Waals surface area contributed by atoms with E-state index in [2.05, 4.69) is 36.6 Å². The van der Waals surface area contributed by atoms with Gasteiger partial charge in [-0.15, -0.1) is 0 Å². The third-order valence-electron chi connectivity index (χ3n) is 9.89. The highest BCUT2D eigenvalue weighted by Crippen LogP contribution is 2.25. The van der Waals surface area contributed by atoms with Crippen molar-refractivity contribution < 1.29 is 58.0 Å². The Morgan fingerprint density at radius 3 is 1.19 bits per heavy atom. The summed E-state index contributed by atoms with van der Waals surface area (Å²) < 4.78 is 9.74. The number of alkyl carbamates (subject to hydrolysis) is 2. The quantitative estimate of drug-likeness (QED) is 0.0395. The largest absolute Gasteiger partial charge is 0.481 e. The smallest absolute Gasteiger partial charge is 0.407 e. The second kappa shape index (κ2) is 29.2. The molecule has 362 valence electrons. The Labute approximate surface area is 399 Å². The highest BCUT2D eigenvalue weighted by Gasteiger charge is 2.20. The zero-order valence-electron chi connectivity index (χ0n) is 38.0. The van der Waals surface area contributed by atoms with E-state index in [1.807, 2.05) is 115 Å². The van der Waals surface area contributed by atoms with E-state index < -0.39 is 59.8 Å². The molecule has 5 aromatic rings. The SMILES string of the molecule is CCOC(=O)NCCC(=O)NCC(=O)NC(CC(=O)O)c1ccc(-c2ccccc2)cc1.O=C(O)CC(NC(=O)CNC(=O)CCNC(=O)OCc1ccccc1)c1ccc(-c2ccccc2)cc1. The van der Waals surface area contributed by atoms with Crippen molar-refractivity contribution in [1.82, 2.24) is 31.9 Å². The first-order valence-electron chi connectivity index (χ1n) is 22.0. The summed E-state index contributed by atoms with van der Waals surface area (Å²) in [7, 11) is 0. The van der Waals surface area contributed by atoms with E-state index in [1.54, 1.807) is 31.2 Å². The standard InChI is InChI=1S/C28H29N3O6.C23H27N3O6/c32-25(15-16-29-28(36)37-19-20-7-3-1-4-8-20)30-18-26(33)31-24(17-27(34)35)23-13-11-22(12-14-23)21-9-5-2-6-10-21;1-2-32-23(31)24-13-12-20(27)25-15-21(28)26-19(14-22(29)30)18-10-8-17(9-11-18)16-6-4-3-5-7-16/h1-14,24H,15-19H2,(H,29,36)(H,30,32)(H,31,33)(H,34,35);3-11,19H,2,12-15H2,1H3,(H,24,31)(H,25,27)(H,26,28)(H,29,30). The van der Waals surface area contributed by atoms with Crippen molar-refractivity contribution in [2.45, 2.75) is 51.3 Å². The van der Waals surface area contributed by atoms with Crippen LogP contribution in [0.15, 0.2) is 140 Å². The maximum absolute atomic E-state index is 12.4. The van der Waals surface area contributed by atoms with Gasteiger partial charge in [-0.05, 0) is 45.9 Å². The average molecular weight is 945 g/mol. The Bertz CT molecular complexity index is 2440. The molecule has 69 heavy (non-hydrogen) atoms. The molecule has 0 aliphatic heterocycles. The second-order valence-electron chi connectivity index (χ2n) is 15.1. The van der Waals surface area contributed by atoms with Gasteiger partial charge in [0.1, 0.15) is 6.61 Å². The van der Waals surface area contributed by atoms with Crippen LogP contribution in [-0.2, 0) is 44.8 Å². The molecule has 0 heterocycles. The van der Waals surface area contributed by atoms with Crippen LogP contribution in [0.3, 0.4) is 0 Å². The molecule has 0 saturated heterocycles.